The summed E-state index contributed by atoms with van der Waals surface area (Å²) in [6.45, 7) is 6.54. The van der Waals surface area contributed by atoms with E-state index < -0.39 is 6.10 Å². The normalized spacial score (nSPS) is 12.3. The largest absolute Gasteiger partial charge is 0.462 e. The van der Waals surface area contributed by atoms with Gasteiger partial charge in [-0.2, -0.15) is 0 Å². The second-order valence-corrected chi connectivity index (χ2v) is 16.4. The van der Waals surface area contributed by atoms with Gasteiger partial charge in [-0.1, -0.05) is 198 Å². The van der Waals surface area contributed by atoms with Gasteiger partial charge < -0.3 is 14.2 Å². The zero-order chi connectivity index (χ0) is 41.5. The van der Waals surface area contributed by atoms with E-state index >= 15 is 0 Å². The summed E-state index contributed by atoms with van der Waals surface area (Å²) >= 11 is 0. The molecule has 0 fully saturated rings. The lowest BCUT2D eigenvalue weighted by molar-refractivity contribution is -0.167. The molecule has 0 aromatic rings. The molecule has 0 spiro atoms. The molecular formula is C51H92O6. The monoisotopic (exact) mass is 801 g/mol. The van der Waals surface area contributed by atoms with Gasteiger partial charge >= 0.3 is 17.9 Å². The Morgan fingerprint density at radius 1 is 0.351 bits per heavy atom. The fraction of sp³-hybridized carbons (Fsp3) is 0.824. The van der Waals surface area contributed by atoms with E-state index in [1.54, 1.807) is 0 Å². The number of hydrogen-bond donors (Lipinski definition) is 0. The summed E-state index contributed by atoms with van der Waals surface area (Å²) in [7, 11) is 0. The van der Waals surface area contributed by atoms with E-state index in [1.807, 2.05) is 0 Å². The number of carbonyl (C=O) groups is 3. The number of carbonyl (C=O) groups excluding carboxylic acids is 3. The molecule has 0 heterocycles. The fourth-order valence-corrected chi connectivity index (χ4v) is 6.89. The van der Waals surface area contributed by atoms with E-state index in [1.165, 1.54) is 128 Å². The van der Waals surface area contributed by atoms with Crippen molar-refractivity contribution in [2.24, 2.45) is 0 Å². The predicted octanol–water partition coefficient (Wildman–Crippen LogP) is 15.8. The van der Waals surface area contributed by atoms with Crippen LogP contribution in [-0.4, -0.2) is 37.2 Å². The molecule has 57 heavy (non-hydrogen) atoms. The van der Waals surface area contributed by atoms with E-state index in [0.29, 0.717) is 19.3 Å². The van der Waals surface area contributed by atoms with Gasteiger partial charge in [0.15, 0.2) is 6.10 Å². The summed E-state index contributed by atoms with van der Waals surface area (Å²) in [5, 5.41) is 0. The molecular weight excluding hydrogens is 709 g/mol. The van der Waals surface area contributed by atoms with Crippen LogP contribution in [0.4, 0.5) is 0 Å². The predicted molar refractivity (Wildman–Crippen MR) is 242 cm³/mol. The van der Waals surface area contributed by atoms with Gasteiger partial charge in [0.1, 0.15) is 13.2 Å². The zero-order valence-corrected chi connectivity index (χ0v) is 37.9. The van der Waals surface area contributed by atoms with Crippen LogP contribution in [0.2, 0.25) is 0 Å². The maximum Gasteiger partial charge on any atom is 0.306 e. The molecule has 6 heteroatoms. The number of esters is 3. The highest BCUT2D eigenvalue weighted by molar-refractivity contribution is 5.71. The van der Waals surface area contributed by atoms with Gasteiger partial charge in [0.05, 0.1) is 0 Å². The van der Waals surface area contributed by atoms with Crippen molar-refractivity contribution >= 4 is 17.9 Å². The minimum atomic E-state index is -0.773. The molecule has 0 aliphatic rings. The highest BCUT2D eigenvalue weighted by atomic mass is 16.6. The van der Waals surface area contributed by atoms with Crippen LogP contribution in [0.25, 0.3) is 0 Å². The van der Waals surface area contributed by atoms with Crippen molar-refractivity contribution in [2.75, 3.05) is 13.2 Å². The maximum absolute atomic E-state index is 12.7. The Morgan fingerprint density at radius 3 is 1.07 bits per heavy atom. The molecule has 0 aliphatic carbocycles. The number of rotatable bonds is 44. The Kier molecular flexibility index (Phi) is 44.4. The van der Waals surface area contributed by atoms with Crippen LogP contribution >= 0.6 is 0 Å². The summed E-state index contributed by atoms with van der Waals surface area (Å²) in [5.74, 6) is -0.890. The SMILES string of the molecule is CCC/C=C\CCCCCCCC(=O)OCC(COC(=O)CCCCCCCCC/C=C\C/C=C\CCCCCC)OC(=O)CCCCCCCCCCCCC. The third kappa shape index (κ3) is 44.6. The first-order valence-corrected chi connectivity index (χ1v) is 24.5. The van der Waals surface area contributed by atoms with Crippen molar-refractivity contribution < 1.29 is 28.6 Å². The molecule has 0 aliphatic heterocycles. The second kappa shape index (κ2) is 46.3. The average molecular weight is 801 g/mol. The number of hydrogen-bond acceptors (Lipinski definition) is 6. The quantitative estimate of drug-likeness (QED) is 0.0264. The Balaban J connectivity index is 4.31. The van der Waals surface area contributed by atoms with Crippen molar-refractivity contribution in [3.63, 3.8) is 0 Å². The van der Waals surface area contributed by atoms with Crippen molar-refractivity contribution in [3.05, 3.63) is 36.5 Å². The Labute approximate surface area is 353 Å². The van der Waals surface area contributed by atoms with Crippen molar-refractivity contribution in [1.29, 1.82) is 0 Å². The van der Waals surface area contributed by atoms with Gasteiger partial charge in [-0.05, 0) is 70.6 Å². The number of allylic oxidation sites excluding steroid dienone is 6. The first-order chi connectivity index (χ1) is 28.0. The van der Waals surface area contributed by atoms with Gasteiger partial charge in [0.2, 0.25) is 0 Å². The third-order valence-corrected chi connectivity index (χ3v) is 10.6. The minimum absolute atomic E-state index is 0.0768. The minimum Gasteiger partial charge on any atom is -0.462 e. The lowest BCUT2D eigenvalue weighted by Crippen LogP contribution is -2.30. The van der Waals surface area contributed by atoms with Crippen LogP contribution in [0, 0.1) is 0 Å². The van der Waals surface area contributed by atoms with Crippen molar-refractivity contribution in [1.82, 2.24) is 0 Å². The lowest BCUT2D eigenvalue weighted by atomic mass is 10.1. The summed E-state index contributed by atoms with van der Waals surface area (Å²) in [5.41, 5.74) is 0. The smallest absolute Gasteiger partial charge is 0.306 e. The van der Waals surface area contributed by atoms with Gasteiger partial charge in [0, 0.05) is 19.3 Å². The van der Waals surface area contributed by atoms with Crippen molar-refractivity contribution in [2.45, 2.75) is 258 Å². The highest BCUT2D eigenvalue weighted by Crippen LogP contribution is 2.15. The molecule has 0 N–H and O–H groups in total. The van der Waals surface area contributed by atoms with E-state index in [0.717, 1.165) is 83.5 Å². The van der Waals surface area contributed by atoms with Crippen LogP contribution in [-0.2, 0) is 28.6 Å². The second-order valence-electron chi connectivity index (χ2n) is 16.4. The summed E-state index contributed by atoms with van der Waals surface area (Å²) in [6, 6.07) is 0. The van der Waals surface area contributed by atoms with E-state index in [2.05, 4.69) is 57.2 Å². The van der Waals surface area contributed by atoms with Crippen LogP contribution in [0.15, 0.2) is 36.5 Å². The Hall–Kier alpha value is -2.37. The standard InChI is InChI=1S/C51H92O6/c1-4-7-10-13-16-19-22-23-24-25-26-27-28-30-32-35-38-41-44-50(53)56-47-48(46-55-49(52)43-40-37-34-31-21-18-15-12-9-6-3)57-51(54)45-42-39-36-33-29-20-17-14-11-8-5-2/h12,15,19,22,24-25,48H,4-11,13-14,16-18,20-21,23,26-47H2,1-3H3/b15-12-,22-19-,25-24-. The van der Waals surface area contributed by atoms with Crippen LogP contribution in [0.3, 0.4) is 0 Å². The third-order valence-electron chi connectivity index (χ3n) is 10.6. The maximum atomic E-state index is 12.7. The number of unbranched alkanes of at least 4 members (excludes halogenated alkanes) is 27. The summed E-state index contributed by atoms with van der Waals surface area (Å²) in [4.78, 5) is 37.8. The van der Waals surface area contributed by atoms with Gasteiger partial charge in [-0.15, -0.1) is 0 Å². The van der Waals surface area contributed by atoms with E-state index in [-0.39, 0.29) is 31.1 Å². The first kappa shape index (κ1) is 54.6. The van der Waals surface area contributed by atoms with Crippen molar-refractivity contribution in [3.8, 4) is 0 Å². The highest BCUT2D eigenvalue weighted by Gasteiger charge is 2.19. The van der Waals surface area contributed by atoms with E-state index in [9.17, 15) is 14.4 Å². The molecule has 0 amide bonds. The van der Waals surface area contributed by atoms with Crippen LogP contribution < -0.4 is 0 Å². The fourth-order valence-electron chi connectivity index (χ4n) is 6.89. The van der Waals surface area contributed by atoms with Gasteiger partial charge in [-0.3, -0.25) is 14.4 Å². The first-order valence-electron chi connectivity index (χ1n) is 24.5. The molecule has 0 rings (SSSR count). The molecule has 332 valence electrons. The molecule has 0 aromatic heterocycles. The van der Waals surface area contributed by atoms with Crippen LogP contribution in [0.1, 0.15) is 252 Å². The molecule has 0 radical (unpaired) electrons. The molecule has 0 aromatic carbocycles. The van der Waals surface area contributed by atoms with Gasteiger partial charge in [0.25, 0.3) is 0 Å². The Bertz CT molecular complexity index is 969. The molecule has 0 saturated heterocycles. The molecule has 0 saturated carbocycles. The summed E-state index contributed by atoms with van der Waals surface area (Å²) in [6.07, 6.45) is 52.7. The van der Waals surface area contributed by atoms with Gasteiger partial charge in [-0.25, -0.2) is 0 Å². The Morgan fingerprint density at radius 2 is 0.667 bits per heavy atom. The summed E-state index contributed by atoms with van der Waals surface area (Å²) < 4.78 is 16.7. The van der Waals surface area contributed by atoms with E-state index in [4.69, 9.17) is 14.2 Å². The molecule has 1 atom stereocenters. The topological polar surface area (TPSA) is 78.9 Å². The zero-order valence-electron chi connectivity index (χ0n) is 37.9. The lowest BCUT2D eigenvalue weighted by Gasteiger charge is -2.18. The molecule has 0 bridgehead atoms. The van der Waals surface area contributed by atoms with Crippen LogP contribution in [0.5, 0.6) is 0 Å². The average Bonchev–Trinajstić information content (AvgIpc) is 3.21. The molecule has 6 nitrogen and oxygen atoms in total. The number of ether oxygens (including phenoxy) is 3. The molecule has 1 unspecified atom stereocenters.